The first-order valence-corrected chi connectivity index (χ1v) is 7.40. The minimum atomic E-state index is -0.425. The zero-order chi connectivity index (χ0) is 15.7. The zero-order valence-corrected chi connectivity index (χ0v) is 12.8. The van der Waals surface area contributed by atoms with Gasteiger partial charge >= 0.3 is 0 Å². The number of nitrogens with zero attached hydrogens (tertiary/aromatic N) is 3. The van der Waals surface area contributed by atoms with Crippen molar-refractivity contribution in [3.8, 4) is 0 Å². The maximum absolute atomic E-state index is 13.2. The molecular formula is C15H16ClFN4O. The Labute approximate surface area is 132 Å². The molecule has 1 aromatic heterocycles. The van der Waals surface area contributed by atoms with Crippen molar-refractivity contribution < 1.29 is 9.18 Å². The average Bonchev–Trinajstić information content (AvgIpc) is 3.11. The molecule has 7 heteroatoms. The molecule has 0 spiro atoms. The predicted molar refractivity (Wildman–Crippen MR) is 82.7 cm³/mol. The van der Waals surface area contributed by atoms with Crippen molar-refractivity contribution in [1.82, 2.24) is 15.1 Å². The van der Waals surface area contributed by atoms with Gasteiger partial charge in [-0.05, 0) is 24.6 Å². The molecule has 5 nitrogen and oxygen atoms in total. The molecule has 3 rings (SSSR count). The first-order chi connectivity index (χ1) is 10.5. The Morgan fingerprint density at radius 3 is 3.00 bits per heavy atom. The van der Waals surface area contributed by atoms with Crippen LogP contribution in [-0.4, -0.2) is 34.8 Å². The number of hydrogen-bond acceptors (Lipinski definition) is 3. The van der Waals surface area contributed by atoms with Gasteiger partial charge in [0, 0.05) is 38.1 Å². The minimum absolute atomic E-state index is 0.0523. The number of aryl methyl sites for hydroxylation is 1. The first-order valence-electron chi connectivity index (χ1n) is 7.02. The van der Waals surface area contributed by atoms with Crippen LogP contribution in [0.15, 0.2) is 30.6 Å². The predicted octanol–water partition coefficient (Wildman–Crippen LogP) is 2.22. The Balaban J connectivity index is 1.62. The lowest BCUT2D eigenvalue weighted by atomic mass is 10.2. The number of hydrogen-bond donors (Lipinski definition) is 1. The van der Waals surface area contributed by atoms with E-state index in [-0.39, 0.29) is 17.0 Å². The Hall–Kier alpha value is -2.08. The van der Waals surface area contributed by atoms with Gasteiger partial charge in [0.1, 0.15) is 5.82 Å². The van der Waals surface area contributed by atoms with E-state index >= 15 is 0 Å². The Morgan fingerprint density at radius 2 is 2.32 bits per heavy atom. The summed E-state index contributed by atoms with van der Waals surface area (Å²) in [6, 6.07) is 4.73. The molecule has 0 saturated carbocycles. The largest absolute Gasteiger partial charge is 0.369 e. The lowest BCUT2D eigenvalue weighted by molar-refractivity contribution is 0.0940. The second kappa shape index (κ2) is 5.96. The van der Waals surface area contributed by atoms with Gasteiger partial charge in [0.2, 0.25) is 0 Å². The highest BCUT2D eigenvalue weighted by Gasteiger charge is 2.25. The third-order valence-electron chi connectivity index (χ3n) is 3.76. The van der Waals surface area contributed by atoms with E-state index in [4.69, 9.17) is 11.6 Å². The number of nitrogens with one attached hydrogen (secondary N) is 1. The molecule has 0 aliphatic carbocycles. The van der Waals surface area contributed by atoms with Gasteiger partial charge in [-0.1, -0.05) is 11.6 Å². The van der Waals surface area contributed by atoms with E-state index < -0.39 is 5.82 Å². The van der Waals surface area contributed by atoms with Gasteiger partial charge in [0.15, 0.2) is 0 Å². The quantitative estimate of drug-likeness (QED) is 0.942. The van der Waals surface area contributed by atoms with Gasteiger partial charge in [0.05, 0.1) is 16.8 Å². The Morgan fingerprint density at radius 1 is 1.50 bits per heavy atom. The van der Waals surface area contributed by atoms with Crippen molar-refractivity contribution in [1.29, 1.82) is 0 Å². The number of carbonyl (C=O) groups excluding carboxylic acids is 1. The van der Waals surface area contributed by atoms with Crippen LogP contribution in [-0.2, 0) is 7.05 Å². The molecule has 1 amide bonds. The van der Waals surface area contributed by atoms with Crippen molar-refractivity contribution in [2.45, 2.75) is 12.5 Å². The molecule has 22 heavy (non-hydrogen) atoms. The number of benzene rings is 1. The molecule has 1 fully saturated rings. The summed E-state index contributed by atoms with van der Waals surface area (Å²) in [6.45, 7) is 1.47. The Kier molecular flexibility index (Phi) is 4.02. The van der Waals surface area contributed by atoms with Crippen molar-refractivity contribution in [2.24, 2.45) is 7.05 Å². The average molecular weight is 323 g/mol. The van der Waals surface area contributed by atoms with Crippen LogP contribution in [0.2, 0.25) is 5.02 Å². The van der Waals surface area contributed by atoms with Gasteiger partial charge in [-0.3, -0.25) is 9.48 Å². The molecule has 2 aromatic rings. The van der Waals surface area contributed by atoms with Crippen LogP contribution < -0.4 is 10.2 Å². The maximum Gasteiger partial charge on any atom is 0.254 e. The lowest BCUT2D eigenvalue weighted by Gasteiger charge is -2.19. The van der Waals surface area contributed by atoms with E-state index in [1.165, 1.54) is 6.07 Å². The smallest absolute Gasteiger partial charge is 0.254 e. The molecule has 1 N–H and O–H groups in total. The number of carbonyl (C=O) groups is 1. The fraction of sp³-hybridized carbons (Fsp3) is 0.333. The molecule has 1 saturated heterocycles. The molecule has 1 aliphatic rings. The second-order valence-corrected chi connectivity index (χ2v) is 5.81. The summed E-state index contributed by atoms with van der Waals surface area (Å²) in [4.78, 5) is 14.2. The normalized spacial score (nSPS) is 17.8. The lowest BCUT2D eigenvalue weighted by Crippen LogP contribution is -2.37. The number of amides is 1. The molecule has 1 aliphatic heterocycles. The van der Waals surface area contributed by atoms with Crippen LogP contribution >= 0.6 is 11.6 Å². The SMILES string of the molecule is Cn1cc(C(=O)NC2CCN(c3ccc(F)c(Cl)c3)C2)cn1. The topological polar surface area (TPSA) is 50.2 Å². The van der Waals surface area contributed by atoms with Crippen LogP contribution in [0.1, 0.15) is 16.8 Å². The van der Waals surface area contributed by atoms with Crippen LogP contribution in [0.4, 0.5) is 10.1 Å². The van der Waals surface area contributed by atoms with Gasteiger partial charge in [-0.25, -0.2) is 4.39 Å². The van der Waals surface area contributed by atoms with Crippen LogP contribution in [0.25, 0.3) is 0 Å². The number of anilines is 1. The molecule has 1 atom stereocenters. The maximum atomic E-state index is 13.2. The van der Waals surface area contributed by atoms with Crippen molar-refractivity contribution in [3.63, 3.8) is 0 Å². The van der Waals surface area contributed by atoms with Crippen molar-refractivity contribution in [3.05, 3.63) is 47.0 Å². The highest BCUT2D eigenvalue weighted by molar-refractivity contribution is 6.31. The Bertz CT molecular complexity index is 703. The molecular weight excluding hydrogens is 307 g/mol. The standard InChI is InChI=1S/C15H16ClFN4O/c1-20-8-10(7-18-20)15(22)19-11-4-5-21(9-11)12-2-3-14(17)13(16)6-12/h2-3,6-8,11H,4-5,9H2,1H3,(H,19,22). The van der Waals surface area contributed by atoms with Crippen LogP contribution in [0, 0.1) is 5.82 Å². The van der Waals surface area contributed by atoms with Crippen LogP contribution in [0.3, 0.4) is 0 Å². The molecule has 1 aromatic carbocycles. The molecule has 0 radical (unpaired) electrons. The number of rotatable bonds is 3. The van der Waals surface area contributed by atoms with E-state index in [9.17, 15) is 9.18 Å². The summed E-state index contributed by atoms with van der Waals surface area (Å²) in [5, 5.41) is 7.09. The fourth-order valence-corrected chi connectivity index (χ4v) is 2.78. The van der Waals surface area contributed by atoms with Gasteiger partial charge in [-0.15, -0.1) is 0 Å². The minimum Gasteiger partial charge on any atom is -0.369 e. The molecule has 116 valence electrons. The summed E-state index contributed by atoms with van der Waals surface area (Å²) in [5.41, 5.74) is 1.41. The van der Waals surface area contributed by atoms with Gasteiger partial charge in [0.25, 0.3) is 5.91 Å². The third kappa shape index (κ3) is 3.06. The summed E-state index contributed by atoms with van der Waals surface area (Å²) in [6.07, 6.45) is 4.06. The van der Waals surface area contributed by atoms with Crippen molar-refractivity contribution >= 4 is 23.2 Å². The fourth-order valence-electron chi connectivity index (χ4n) is 2.60. The van der Waals surface area contributed by atoms with E-state index in [0.717, 1.165) is 18.7 Å². The summed E-state index contributed by atoms with van der Waals surface area (Å²) in [7, 11) is 1.77. The molecule has 1 unspecified atom stereocenters. The highest BCUT2D eigenvalue weighted by atomic mass is 35.5. The molecule has 0 bridgehead atoms. The molecule has 2 heterocycles. The van der Waals surface area contributed by atoms with Gasteiger partial charge < -0.3 is 10.2 Å². The van der Waals surface area contributed by atoms with E-state index in [1.54, 1.807) is 36.3 Å². The van der Waals surface area contributed by atoms with Crippen LogP contribution in [0.5, 0.6) is 0 Å². The van der Waals surface area contributed by atoms with Gasteiger partial charge in [-0.2, -0.15) is 5.10 Å². The van der Waals surface area contributed by atoms with Crippen molar-refractivity contribution in [2.75, 3.05) is 18.0 Å². The first kappa shape index (κ1) is 14.8. The second-order valence-electron chi connectivity index (χ2n) is 5.41. The summed E-state index contributed by atoms with van der Waals surface area (Å²) >= 11 is 5.81. The monoisotopic (exact) mass is 322 g/mol. The number of aromatic nitrogens is 2. The third-order valence-corrected chi connectivity index (χ3v) is 4.05. The summed E-state index contributed by atoms with van der Waals surface area (Å²) < 4.78 is 14.8. The van der Waals surface area contributed by atoms with E-state index in [0.29, 0.717) is 12.1 Å². The van der Waals surface area contributed by atoms with E-state index in [2.05, 4.69) is 15.3 Å². The zero-order valence-electron chi connectivity index (χ0n) is 12.1. The highest BCUT2D eigenvalue weighted by Crippen LogP contribution is 2.25. The number of halogens is 2. The van der Waals surface area contributed by atoms with E-state index in [1.807, 2.05) is 0 Å². The summed E-state index contributed by atoms with van der Waals surface area (Å²) in [5.74, 6) is -0.553.